The smallest absolute Gasteiger partial charge is 0.0958 e. The van der Waals surface area contributed by atoms with Crippen molar-refractivity contribution in [3.05, 3.63) is 28.0 Å². The molecule has 58 valence electrons. The van der Waals surface area contributed by atoms with Crippen molar-refractivity contribution < 1.29 is 0 Å². The minimum absolute atomic E-state index is 0.187. The lowest BCUT2D eigenvalue weighted by Crippen LogP contribution is -1.75. The molecule has 0 unspecified atom stereocenters. The second kappa shape index (κ2) is 4.33. The SMILES string of the molecule is N#CC/C(C#N)=C\c1ccsc1. The van der Waals surface area contributed by atoms with Gasteiger partial charge in [0.1, 0.15) is 0 Å². The van der Waals surface area contributed by atoms with Gasteiger partial charge in [-0.2, -0.15) is 21.9 Å². The standard InChI is InChI=1S/C9H6N2S/c10-3-1-8(6-11)5-9-2-4-12-7-9/h2,4-5,7H,1H2/b8-5+. The number of nitriles is 2. The van der Waals surface area contributed by atoms with E-state index in [0.717, 1.165) is 5.56 Å². The summed E-state index contributed by atoms with van der Waals surface area (Å²) in [6, 6.07) is 5.84. The van der Waals surface area contributed by atoms with E-state index < -0.39 is 0 Å². The largest absolute Gasteiger partial charge is 0.198 e. The van der Waals surface area contributed by atoms with Crippen molar-refractivity contribution >= 4 is 17.4 Å². The van der Waals surface area contributed by atoms with E-state index in [1.54, 1.807) is 17.4 Å². The molecule has 12 heavy (non-hydrogen) atoms. The van der Waals surface area contributed by atoms with Crippen molar-refractivity contribution in [2.75, 3.05) is 0 Å². The molecule has 1 aromatic rings. The summed E-state index contributed by atoms with van der Waals surface area (Å²) in [6.07, 6.45) is 1.92. The first-order chi connectivity index (χ1) is 5.86. The molecule has 0 N–H and O–H groups in total. The van der Waals surface area contributed by atoms with Crippen LogP contribution in [0.15, 0.2) is 22.4 Å². The van der Waals surface area contributed by atoms with E-state index in [1.165, 1.54) is 0 Å². The molecule has 0 aliphatic rings. The van der Waals surface area contributed by atoms with Gasteiger partial charge >= 0.3 is 0 Å². The fourth-order valence-electron chi connectivity index (χ4n) is 0.766. The molecule has 0 fully saturated rings. The third kappa shape index (κ3) is 2.23. The lowest BCUT2D eigenvalue weighted by atomic mass is 10.1. The Kier molecular flexibility index (Phi) is 3.07. The van der Waals surface area contributed by atoms with Crippen molar-refractivity contribution in [1.82, 2.24) is 0 Å². The van der Waals surface area contributed by atoms with Gasteiger partial charge in [0.05, 0.1) is 18.6 Å². The summed E-state index contributed by atoms with van der Waals surface area (Å²) < 4.78 is 0. The van der Waals surface area contributed by atoms with Crippen LogP contribution >= 0.6 is 11.3 Å². The first kappa shape index (κ1) is 8.52. The molecule has 2 nitrogen and oxygen atoms in total. The molecule has 3 heteroatoms. The highest BCUT2D eigenvalue weighted by molar-refractivity contribution is 7.08. The highest BCUT2D eigenvalue weighted by atomic mass is 32.1. The third-order valence-corrected chi connectivity index (χ3v) is 2.00. The van der Waals surface area contributed by atoms with Crippen molar-refractivity contribution in [3.63, 3.8) is 0 Å². The van der Waals surface area contributed by atoms with Crippen molar-refractivity contribution in [2.24, 2.45) is 0 Å². The van der Waals surface area contributed by atoms with E-state index >= 15 is 0 Å². The van der Waals surface area contributed by atoms with E-state index in [4.69, 9.17) is 10.5 Å². The minimum atomic E-state index is 0.187. The van der Waals surface area contributed by atoms with E-state index in [9.17, 15) is 0 Å². The Hall–Kier alpha value is -1.58. The Morgan fingerprint density at radius 3 is 2.92 bits per heavy atom. The van der Waals surface area contributed by atoms with Crippen molar-refractivity contribution in [2.45, 2.75) is 6.42 Å². The zero-order valence-corrected chi connectivity index (χ0v) is 7.14. The molecule has 0 saturated heterocycles. The Labute approximate surface area is 75.0 Å². The fourth-order valence-corrected chi connectivity index (χ4v) is 1.38. The predicted molar refractivity (Wildman–Crippen MR) is 48.1 cm³/mol. The van der Waals surface area contributed by atoms with Crippen LogP contribution in [0.5, 0.6) is 0 Å². The quantitative estimate of drug-likeness (QED) is 0.647. The van der Waals surface area contributed by atoms with Gasteiger partial charge in [-0.1, -0.05) is 0 Å². The fraction of sp³-hybridized carbons (Fsp3) is 0.111. The first-order valence-corrected chi connectivity index (χ1v) is 4.31. The Bertz CT molecular complexity index is 349. The van der Waals surface area contributed by atoms with Crippen LogP contribution in [0.1, 0.15) is 12.0 Å². The number of rotatable bonds is 2. The lowest BCUT2D eigenvalue weighted by molar-refractivity contribution is 1.28. The lowest BCUT2D eigenvalue weighted by Gasteiger charge is -1.86. The Morgan fingerprint density at radius 1 is 1.58 bits per heavy atom. The normalized spacial score (nSPS) is 10.3. The van der Waals surface area contributed by atoms with Gasteiger partial charge in [0.2, 0.25) is 0 Å². The van der Waals surface area contributed by atoms with Gasteiger partial charge in [-0.25, -0.2) is 0 Å². The molecule has 0 aromatic carbocycles. The summed E-state index contributed by atoms with van der Waals surface area (Å²) in [7, 11) is 0. The van der Waals surface area contributed by atoms with Crippen LogP contribution in [0.25, 0.3) is 6.08 Å². The Balaban J connectivity index is 2.81. The molecular formula is C9H6N2S. The molecule has 0 atom stereocenters. The average Bonchev–Trinajstić information content (AvgIpc) is 2.56. The van der Waals surface area contributed by atoms with E-state index in [-0.39, 0.29) is 6.42 Å². The van der Waals surface area contributed by atoms with Gasteiger partial charge in [0.15, 0.2) is 0 Å². The van der Waals surface area contributed by atoms with Gasteiger partial charge in [0, 0.05) is 5.57 Å². The molecule has 0 radical (unpaired) electrons. The van der Waals surface area contributed by atoms with Crippen LogP contribution in [-0.2, 0) is 0 Å². The number of allylic oxidation sites excluding steroid dienone is 1. The van der Waals surface area contributed by atoms with E-state index in [0.29, 0.717) is 5.57 Å². The highest BCUT2D eigenvalue weighted by Gasteiger charge is 1.94. The topological polar surface area (TPSA) is 47.6 Å². The summed E-state index contributed by atoms with van der Waals surface area (Å²) in [5.41, 5.74) is 1.50. The summed E-state index contributed by atoms with van der Waals surface area (Å²) in [6.45, 7) is 0. The summed E-state index contributed by atoms with van der Waals surface area (Å²) in [4.78, 5) is 0. The molecule has 1 aromatic heterocycles. The monoisotopic (exact) mass is 174 g/mol. The van der Waals surface area contributed by atoms with Gasteiger partial charge < -0.3 is 0 Å². The molecule has 0 aliphatic heterocycles. The molecular weight excluding hydrogens is 168 g/mol. The molecule has 0 spiro atoms. The van der Waals surface area contributed by atoms with Crippen LogP contribution in [-0.4, -0.2) is 0 Å². The zero-order chi connectivity index (χ0) is 8.81. The van der Waals surface area contributed by atoms with E-state index in [2.05, 4.69) is 0 Å². The maximum Gasteiger partial charge on any atom is 0.0958 e. The summed E-state index contributed by atoms with van der Waals surface area (Å²) in [5.74, 6) is 0. The van der Waals surface area contributed by atoms with Crippen LogP contribution in [0.3, 0.4) is 0 Å². The molecule has 1 rings (SSSR count). The van der Waals surface area contributed by atoms with E-state index in [1.807, 2.05) is 29.0 Å². The van der Waals surface area contributed by atoms with Crippen LogP contribution in [0, 0.1) is 22.7 Å². The van der Waals surface area contributed by atoms with Gasteiger partial charge in [-0.3, -0.25) is 0 Å². The molecule has 1 heterocycles. The molecule has 0 bridgehead atoms. The van der Waals surface area contributed by atoms with Gasteiger partial charge in [-0.15, -0.1) is 0 Å². The maximum atomic E-state index is 8.59. The second-order valence-electron chi connectivity index (χ2n) is 2.17. The summed E-state index contributed by atoms with van der Waals surface area (Å²) in [5, 5.41) is 20.8. The predicted octanol–water partition coefficient (Wildman–Crippen LogP) is 2.57. The van der Waals surface area contributed by atoms with Gasteiger partial charge in [-0.05, 0) is 28.5 Å². The zero-order valence-electron chi connectivity index (χ0n) is 6.32. The van der Waals surface area contributed by atoms with Crippen LogP contribution in [0.2, 0.25) is 0 Å². The number of thiophene rings is 1. The number of hydrogen-bond donors (Lipinski definition) is 0. The van der Waals surface area contributed by atoms with Crippen molar-refractivity contribution in [1.29, 1.82) is 10.5 Å². The van der Waals surface area contributed by atoms with Crippen LogP contribution < -0.4 is 0 Å². The molecule has 0 saturated carbocycles. The highest BCUT2D eigenvalue weighted by Crippen LogP contribution is 2.11. The third-order valence-electron chi connectivity index (χ3n) is 1.30. The average molecular weight is 174 g/mol. The maximum absolute atomic E-state index is 8.59. The molecule has 0 aliphatic carbocycles. The summed E-state index contributed by atoms with van der Waals surface area (Å²) >= 11 is 1.57. The first-order valence-electron chi connectivity index (χ1n) is 3.36. The molecule has 0 amide bonds. The Morgan fingerprint density at radius 2 is 2.42 bits per heavy atom. The second-order valence-corrected chi connectivity index (χ2v) is 2.95. The number of nitrogens with zero attached hydrogens (tertiary/aromatic N) is 2. The van der Waals surface area contributed by atoms with Crippen LogP contribution in [0.4, 0.5) is 0 Å². The van der Waals surface area contributed by atoms with Gasteiger partial charge in [0.25, 0.3) is 0 Å². The minimum Gasteiger partial charge on any atom is -0.198 e. The number of hydrogen-bond acceptors (Lipinski definition) is 3. The van der Waals surface area contributed by atoms with Crippen molar-refractivity contribution in [3.8, 4) is 12.1 Å².